The molecule has 0 unspecified atom stereocenters. The van der Waals surface area contributed by atoms with E-state index < -0.39 is 0 Å². The van der Waals surface area contributed by atoms with Crippen LogP contribution in [0.2, 0.25) is 0 Å². The van der Waals surface area contributed by atoms with Gasteiger partial charge in [0, 0.05) is 29.1 Å². The third-order valence-corrected chi connectivity index (χ3v) is 3.80. The Morgan fingerprint density at radius 3 is 2.78 bits per heavy atom. The molecule has 2 aromatic rings. The molecular weight excluding hydrogens is 310 g/mol. The second-order valence-corrected chi connectivity index (χ2v) is 5.44. The van der Waals surface area contributed by atoms with Crippen LogP contribution in [0.5, 0.6) is 0 Å². The fourth-order valence-electron chi connectivity index (χ4n) is 2.30. The number of halogens is 1. The van der Waals surface area contributed by atoms with Gasteiger partial charge < -0.3 is 0 Å². The number of fused-ring (bicyclic) bond motifs is 1. The molecule has 0 aliphatic carbocycles. The molecule has 0 bridgehead atoms. The number of rotatable bonds is 6. The first kappa shape index (κ1) is 17.2. The predicted octanol–water partition coefficient (Wildman–Crippen LogP) is 3.78. The average Bonchev–Trinajstić information content (AvgIpc) is 2.57. The maximum atomic E-state index is 12.2. The first-order chi connectivity index (χ1) is 11.1. The van der Waals surface area contributed by atoms with E-state index in [1.165, 1.54) is 0 Å². The number of hydrogen-bond acceptors (Lipinski definition) is 3. The van der Waals surface area contributed by atoms with E-state index in [4.69, 9.17) is 11.6 Å². The van der Waals surface area contributed by atoms with Gasteiger partial charge in [-0.15, -0.1) is 0 Å². The zero-order chi connectivity index (χ0) is 16.8. The molecule has 0 N–H and O–H groups in total. The lowest BCUT2D eigenvalue weighted by Crippen LogP contribution is -2.25. The van der Waals surface area contributed by atoms with Crippen molar-refractivity contribution in [2.75, 3.05) is 0 Å². The molecule has 0 spiro atoms. The Kier molecular flexibility index (Phi) is 5.88. The summed E-state index contributed by atoms with van der Waals surface area (Å²) in [6.07, 6.45) is 8.29. The number of nitrogens with zero attached hydrogens (tertiary/aromatic N) is 3. The van der Waals surface area contributed by atoms with Crippen molar-refractivity contribution in [3.63, 3.8) is 0 Å². The van der Waals surface area contributed by atoms with Gasteiger partial charge in [-0.05, 0) is 31.6 Å². The van der Waals surface area contributed by atoms with Crippen LogP contribution in [0.3, 0.4) is 0 Å². The molecule has 120 valence electrons. The fourth-order valence-corrected chi connectivity index (χ4v) is 2.45. The van der Waals surface area contributed by atoms with Gasteiger partial charge in [-0.2, -0.15) is 4.98 Å². The highest BCUT2D eigenvalue weighted by atomic mass is 35.5. The summed E-state index contributed by atoms with van der Waals surface area (Å²) in [6, 6.07) is 3.96. The van der Waals surface area contributed by atoms with Gasteiger partial charge in [0.1, 0.15) is 5.65 Å². The Bertz CT molecular complexity index is 834. The van der Waals surface area contributed by atoms with E-state index in [0.29, 0.717) is 29.3 Å². The van der Waals surface area contributed by atoms with Crippen molar-refractivity contribution < 1.29 is 0 Å². The van der Waals surface area contributed by atoms with E-state index in [2.05, 4.69) is 16.5 Å². The first-order valence-corrected chi connectivity index (χ1v) is 8.02. The van der Waals surface area contributed by atoms with Crippen molar-refractivity contribution in [1.29, 1.82) is 0 Å². The quantitative estimate of drug-likeness (QED) is 0.758. The van der Waals surface area contributed by atoms with Crippen LogP contribution < -0.4 is 5.69 Å². The summed E-state index contributed by atoms with van der Waals surface area (Å²) in [7, 11) is 0. The molecule has 0 aromatic carbocycles. The molecule has 0 aliphatic heterocycles. The van der Waals surface area contributed by atoms with Crippen LogP contribution in [-0.4, -0.2) is 14.5 Å². The third-order valence-electron chi connectivity index (χ3n) is 3.52. The number of pyridine rings is 1. The Labute approximate surface area is 140 Å². The lowest BCUT2D eigenvalue weighted by molar-refractivity contribution is 0.713. The molecule has 0 aliphatic rings. The maximum Gasteiger partial charge on any atom is 0.349 e. The number of aromatic nitrogens is 3. The van der Waals surface area contributed by atoms with Gasteiger partial charge in [-0.25, -0.2) is 9.78 Å². The summed E-state index contributed by atoms with van der Waals surface area (Å²) in [5, 5.41) is 1.47. The minimum Gasteiger partial charge on any atom is -0.276 e. The Morgan fingerprint density at radius 1 is 1.35 bits per heavy atom. The Balaban J connectivity index is 2.54. The van der Waals surface area contributed by atoms with Crippen molar-refractivity contribution in [3.05, 3.63) is 69.9 Å². The summed E-state index contributed by atoms with van der Waals surface area (Å²) < 4.78 is 1.60. The Morgan fingerprint density at radius 2 is 2.13 bits per heavy atom. The zero-order valence-corrected chi connectivity index (χ0v) is 14.2. The number of hydrogen-bond donors (Lipinski definition) is 0. The second-order valence-electron chi connectivity index (χ2n) is 5.00. The van der Waals surface area contributed by atoms with Crippen LogP contribution in [0.4, 0.5) is 0 Å². The largest absolute Gasteiger partial charge is 0.349 e. The molecule has 0 saturated carbocycles. The van der Waals surface area contributed by atoms with E-state index >= 15 is 0 Å². The SMILES string of the molecule is C=C/C=C\C(Cl)=C/Cc1nc(=O)n(CC)c2nc(CC)ccc12. The van der Waals surface area contributed by atoms with Crippen LogP contribution >= 0.6 is 11.6 Å². The minimum absolute atomic E-state index is 0.276. The maximum absolute atomic E-state index is 12.2. The molecule has 23 heavy (non-hydrogen) atoms. The van der Waals surface area contributed by atoms with Crippen molar-refractivity contribution >= 4 is 22.6 Å². The highest BCUT2D eigenvalue weighted by molar-refractivity contribution is 6.31. The Hall–Kier alpha value is -2.20. The molecule has 4 nitrogen and oxygen atoms in total. The van der Waals surface area contributed by atoms with Gasteiger partial charge >= 0.3 is 5.69 Å². The lowest BCUT2D eigenvalue weighted by Gasteiger charge is -2.10. The molecule has 0 amide bonds. The molecule has 2 aromatic heterocycles. The highest BCUT2D eigenvalue weighted by Crippen LogP contribution is 2.17. The second kappa shape index (κ2) is 7.88. The molecule has 0 fully saturated rings. The topological polar surface area (TPSA) is 47.8 Å². The van der Waals surface area contributed by atoms with E-state index in [-0.39, 0.29) is 5.69 Å². The predicted molar refractivity (Wildman–Crippen MR) is 95.8 cm³/mol. The van der Waals surface area contributed by atoms with Gasteiger partial charge in [-0.1, -0.05) is 43.3 Å². The van der Waals surface area contributed by atoms with Crippen LogP contribution in [0.1, 0.15) is 25.2 Å². The average molecular weight is 330 g/mol. The van der Waals surface area contributed by atoms with Crippen LogP contribution in [0.15, 0.2) is 52.8 Å². The zero-order valence-electron chi connectivity index (χ0n) is 13.4. The van der Waals surface area contributed by atoms with Gasteiger partial charge in [0.2, 0.25) is 0 Å². The fraction of sp³-hybridized carbons (Fsp3) is 0.278. The molecule has 2 heterocycles. The lowest BCUT2D eigenvalue weighted by atomic mass is 10.1. The number of aryl methyl sites for hydroxylation is 2. The standard InChI is InChI=1S/C18H20ClN3O/c1-4-7-8-13(19)9-12-16-15-11-10-14(5-2)20-17(15)22(6-3)18(23)21-16/h4,7-11H,1,5-6,12H2,2-3H3/b8-7-,13-9+. The molecule has 0 atom stereocenters. The van der Waals surface area contributed by atoms with E-state index in [0.717, 1.165) is 17.5 Å². The van der Waals surface area contributed by atoms with Gasteiger partial charge in [-0.3, -0.25) is 4.57 Å². The van der Waals surface area contributed by atoms with Gasteiger partial charge in [0.05, 0.1) is 5.69 Å². The number of allylic oxidation sites excluding steroid dienone is 5. The van der Waals surface area contributed by atoms with Gasteiger partial charge in [0.25, 0.3) is 0 Å². The van der Waals surface area contributed by atoms with E-state index in [9.17, 15) is 4.79 Å². The molecule has 0 saturated heterocycles. The summed E-state index contributed by atoms with van der Waals surface area (Å²) in [4.78, 5) is 21.0. The van der Waals surface area contributed by atoms with E-state index in [1.807, 2.05) is 32.1 Å². The highest BCUT2D eigenvalue weighted by Gasteiger charge is 2.10. The minimum atomic E-state index is -0.276. The summed E-state index contributed by atoms with van der Waals surface area (Å²) in [5.74, 6) is 0. The van der Waals surface area contributed by atoms with E-state index in [1.54, 1.807) is 22.8 Å². The van der Waals surface area contributed by atoms with Crippen LogP contribution in [0, 0.1) is 0 Å². The van der Waals surface area contributed by atoms with Gasteiger partial charge in [0.15, 0.2) is 0 Å². The van der Waals surface area contributed by atoms with Crippen molar-refractivity contribution in [1.82, 2.24) is 14.5 Å². The van der Waals surface area contributed by atoms with Crippen molar-refractivity contribution in [2.24, 2.45) is 0 Å². The summed E-state index contributed by atoms with van der Waals surface area (Å²) in [5.41, 5.74) is 2.06. The van der Waals surface area contributed by atoms with Crippen LogP contribution in [0.25, 0.3) is 11.0 Å². The molecule has 2 rings (SSSR count). The molecule has 0 radical (unpaired) electrons. The molecule has 5 heteroatoms. The first-order valence-electron chi connectivity index (χ1n) is 7.64. The van der Waals surface area contributed by atoms with Crippen molar-refractivity contribution in [3.8, 4) is 0 Å². The molecular formula is C18H20ClN3O. The van der Waals surface area contributed by atoms with Crippen LogP contribution in [-0.2, 0) is 19.4 Å². The smallest absolute Gasteiger partial charge is 0.276 e. The summed E-state index contributed by atoms with van der Waals surface area (Å²) >= 11 is 6.11. The normalized spacial score (nSPS) is 12.2. The van der Waals surface area contributed by atoms with Crippen molar-refractivity contribution in [2.45, 2.75) is 33.2 Å². The monoisotopic (exact) mass is 329 g/mol. The third kappa shape index (κ3) is 3.96. The summed E-state index contributed by atoms with van der Waals surface area (Å²) in [6.45, 7) is 8.10.